The van der Waals surface area contributed by atoms with Crippen LogP contribution in [0.15, 0.2) is 42.5 Å². The topological polar surface area (TPSA) is 105 Å². The fourth-order valence-electron chi connectivity index (χ4n) is 3.87. The summed E-state index contributed by atoms with van der Waals surface area (Å²) in [6, 6.07) is 11.6. The number of nitrogens with one attached hydrogen (secondary N) is 1. The average Bonchev–Trinajstić information content (AvgIpc) is 3.24. The molecule has 0 bridgehead atoms. The first-order valence-corrected chi connectivity index (χ1v) is 13.0. The Morgan fingerprint density at radius 2 is 1.82 bits per heavy atom. The standard InChI is InChI=1S/C24H31N3O6S/c1-5-20(24(29)25-6-2)26(14-18-9-7-8-17(3)12-18)23(28)15-27(34(4,30)31)19-10-11-21-22(13-19)33-16-32-21/h7-13,20H,5-6,14-16H2,1-4H3,(H,25,29). The van der Waals surface area contributed by atoms with Crippen molar-refractivity contribution < 1.29 is 27.5 Å². The summed E-state index contributed by atoms with van der Waals surface area (Å²) in [5.74, 6) is 0.151. The Hall–Kier alpha value is -3.27. The number of carbonyl (C=O) groups excluding carboxylic acids is 2. The van der Waals surface area contributed by atoms with Gasteiger partial charge in [-0.3, -0.25) is 13.9 Å². The summed E-state index contributed by atoms with van der Waals surface area (Å²) in [5, 5.41) is 2.78. The molecule has 1 unspecified atom stereocenters. The fourth-order valence-corrected chi connectivity index (χ4v) is 4.71. The zero-order valence-electron chi connectivity index (χ0n) is 19.9. The number of aryl methyl sites for hydroxylation is 1. The van der Waals surface area contributed by atoms with Gasteiger partial charge in [-0.2, -0.15) is 0 Å². The molecular weight excluding hydrogens is 458 g/mol. The molecule has 0 aliphatic carbocycles. The minimum Gasteiger partial charge on any atom is -0.454 e. The van der Waals surface area contributed by atoms with E-state index in [1.54, 1.807) is 12.1 Å². The van der Waals surface area contributed by atoms with E-state index in [0.29, 0.717) is 24.5 Å². The van der Waals surface area contributed by atoms with Gasteiger partial charge >= 0.3 is 0 Å². The summed E-state index contributed by atoms with van der Waals surface area (Å²) < 4.78 is 37.0. The SMILES string of the molecule is CCNC(=O)C(CC)N(Cc1cccc(C)c1)C(=O)CN(c1ccc2c(c1)OCO2)S(C)(=O)=O. The van der Waals surface area contributed by atoms with E-state index in [1.165, 1.54) is 11.0 Å². The molecule has 2 amide bonds. The highest BCUT2D eigenvalue weighted by Gasteiger charge is 2.32. The Balaban J connectivity index is 1.94. The summed E-state index contributed by atoms with van der Waals surface area (Å²) in [4.78, 5) is 27.8. The molecule has 0 radical (unpaired) electrons. The van der Waals surface area contributed by atoms with Gasteiger partial charge in [-0.1, -0.05) is 36.8 Å². The molecule has 0 aromatic heterocycles. The lowest BCUT2D eigenvalue weighted by Crippen LogP contribution is -2.52. The first kappa shape index (κ1) is 25.4. The Morgan fingerprint density at radius 1 is 1.09 bits per heavy atom. The molecule has 34 heavy (non-hydrogen) atoms. The number of nitrogens with zero attached hydrogens (tertiary/aromatic N) is 2. The van der Waals surface area contributed by atoms with Crippen molar-refractivity contribution in [3.05, 3.63) is 53.6 Å². The third kappa shape index (κ3) is 5.99. The highest BCUT2D eigenvalue weighted by molar-refractivity contribution is 7.92. The molecule has 184 valence electrons. The van der Waals surface area contributed by atoms with Crippen LogP contribution in [0, 0.1) is 6.92 Å². The summed E-state index contributed by atoms with van der Waals surface area (Å²) in [6.07, 6.45) is 1.42. The second-order valence-corrected chi connectivity index (χ2v) is 10.0. The van der Waals surface area contributed by atoms with E-state index in [-0.39, 0.29) is 24.9 Å². The predicted octanol–water partition coefficient (Wildman–Crippen LogP) is 2.43. The van der Waals surface area contributed by atoms with E-state index in [2.05, 4.69) is 5.32 Å². The third-order valence-corrected chi connectivity index (χ3v) is 6.64. The van der Waals surface area contributed by atoms with Gasteiger partial charge in [0.25, 0.3) is 0 Å². The number of benzene rings is 2. The number of rotatable bonds is 10. The number of fused-ring (bicyclic) bond motifs is 1. The molecule has 0 saturated carbocycles. The summed E-state index contributed by atoms with van der Waals surface area (Å²) >= 11 is 0. The molecule has 1 aliphatic rings. The van der Waals surface area contributed by atoms with Gasteiger partial charge in [0.05, 0.1) is 11.9 Å². The van der Waals surface area contributed by atoms with Crippen molar-refractivity contribution >= 4 is 27.5 Å². The van der Waals surface area contributed by atoms with E-state index in [0.717, 1.165) is 21.7 Å². The minimum atomic E-state index is -3.82. The lowest BCUT2D eigenvalue weighted by molar-refractivity contribution is -0.140. The zero-order chi connectivity index (χ0) is 24.9. The second kappa shape index (κ2) is 10.8. The number of hydrogen-bond acceptors (Lipinski definition) is 6. The van der Waals surface area contributed by atoms with E-state index < -0.39 is 28.5 Å². The maximum Gasteiger partial charge on any atom is 0.244 e. The first-order chi connectivity index (χ1) is 16.1. The van der Waals surface area contributed by atoms with Gasteiger partial charge in [0.1, 0.15) is 12.6 Å². The molecule has 1 N–H and O–H groups in total. The molecule has 2 aromatic carbocycles. The molecule has 2 aromatic rings. The summed E-state index contributed by atoms with van der Waals surface area (Å²) in [7, 11) is -3.82. The zero-order valence-corrected chi connectivity index (χ0v) is 20.7. The van der Waals surface area contributed by atoms with Crippen molar-refractivity contribution in [1.29, 1.82) is 0 Å². The smallest absolute Gasteiger partial charge is 0.244 e. The van der Waals surface area contributed by atoms with E-state index in [9.17, 15) is 18.0 Å². The fraction of sp³-hybridized carbons (Fsp3) is 0.417. The van der Waals surface area contributed by atoms with E-state index in [1.807, 2.05) is 45.0 Å². The van der Waals surface area contributed by atoms with Crippen LogP contribution in [0.2, 0.25) is 0 Å². The van der Waals surface area contributed by atoms with Crippen molar-refractivity contribution in [3.63, 3.8) is 0 Å². The number of amides is 2. The number of hydrogen-bond donors (Lipinski definition) is 1. The van der Waals surface area contributed by atoms with Gasteiger partial charge in [0.15, 0.2) is 11.5 Å². The van der Waals surface area contributed by atoms with Crippen LogP contribution < -0.4 is 19.1 Å². The molecule has 1 atom stereocenters. The number of anilines is 1. The van der Waals surface area contributed by atoms with Crippen LogP contribution in [0.1, 0.15) is 31.4 Å². The highest BCUT2D eigenvalue weighted by Crippen LogP contribution is 2.36. The third-order valence-electron chi connectivity index (χ3n) is 5.50. The first-order valence-electron chi connectivity index (χ1n) is 11.1. The molecule has 3 rings (SSSR count). The van der Waals surface area contributed by atoms with Gasteiger partial charge < -0.3 is 19.7 Å². The lowest BCUT2D eigenvalue weighted by atomic mass is 10.1. The van der Waals surface area contributed by atoms with E-state index >= 15 is 0 Å². The van der Waals surface area contributed by atoms with Gasteiger partial charge in [-0.05, 0) is 38.0 Å². The largest absolute Gasteiger partial charge is 0.454 e. The van der Waals surface area contributed by atoms with Crippen LogP contribution in [0.5, 0.6) is 11.5 Å². The van der Waals surface area contributed by atoms with Crippen molar-refractivity contribution in [2.24, 2.45) is 0 Å². The van der Waals surface area contributed by atoms with Gasteiger partial charge in [0.2, 0.25) is 28.6 Å². The predicted molar refractivity (Wildman–Crippen MR) is 129 cm³/mol. The quantitative estimate of drug-likeness (QED) is 0.550. The lowest BCUT2D eigenvalue weighted by Gasteiger charge is -2.32. The van der Waals surface area contributed by atoms with Crippen LogP contribution >= 0.6 is 0 Å². The molecule has 1 heterocycles. The van der Waals surface area contributed by atoms with Crippen LogP contribution in [0.3, 0.4) is 0 Å². The Kier molecular flexibility index (Phi) is 8.03. The number of carbonyl (C=O) groups is 2. The molecule has 0 fully saturated rings. The Labute approximate surface area is 200 Å². The van der Waals surface area contributed by atoms with Crippen molar-refractivity contribution in [1.82, 2.24) is 10.2 Å². The molecular formula is C24H31N3O6S. The van der Waals surface area contributed by atoms with Crippen molar-refractivity contribution in [2.75, 3.05) is 30.4 Å². The Bertz CT molecular complexity index is 1150. The molecule has 1 aliphatic heterocycles. The van der Waals surface area contributed by atoms with Crippen molar-refractivity contribution in [2.45, 2.75) is 39.8 Å². The van der Waals surface area contributed by atoms with Crippen LogP contribution in [-0.4, -0.2) is 57.3 Å². The van der Waals surface area contributed by atoms with Crippen LogP contribution in [0.4, 0.5) is 5.69 Å². The summed E-state index contributed by atoms with van der Waals surface area (Å²) in [6.45, 7) is 5.77. The van der Waals surface area contributed by atoms with E-state index in [4.69, 9.17) is 9.47 Å². The maximum atomic E-state index is 13.6. The second-order valence-electron chi connectivity index (χ2n) is 8.14. The van der Waals surface area contributed by atoms with Gasteiger partial charge in [0, 0.05) is 19.2 Å². The Morgan fingerprint density at radius 3 is 2.47 bits per heavy atom. The minimum absolute atomic E-state index is 0.0472. The summed E-state index contributed by atoms with van der Waals surface area (Å²) in [5.41, 5.74) is 2.15. The average molecular weight is 490 g/mol. The highest BCUT2D eigenvalue weighted by atomic mass is 32.2. The van der Waals surface area contributed by atoms with Gasteiger partial charge in [-0.25, -0.2) is 8.42 Å². The maximum absolute atomic E-state index is 13.6. The van der Waals surface area contributed by atoms with Crippen LogP contribution in [0.25, 0.3) is 0 Å². The molecule has 10 heteroatoms. The number of ether oxygens (including phenoxy) is 2. The molecule has 9 nitrogen and oxygen atoms in total. The van der Waals surface area contributed by atoms with Crippen molar-refractivity contribution in [3.8, 4) is 11.5 Å². The molecule has 0 spiro atoms. The number of likely N-dealkylation sites (N-methyl/N-ethyl adjacent to an activating group) is 1. The molecule has 0 saturated heterocycles. The van der Waals surface area contributed by atoms with Gasteiger partial charge in [-0.15, -0.1) is 0 Å². The normalized spacial score (nSPS) is 13.3. The number of sulfonamides is 1. The van der Waals surface area contributed by atoms with Crippen LogP contribution in [-0.2, 0) is 26.2 Å². The monoisotopic (exact) mass is 489 g/mol.